The van der Waals surface area contributed by atoms with Gasteiger partial charge in [-0.2, -0.15) is 0 Å². The molecule has 0 radical (unpaired) electrons. The third-order valence-corrected chi connectivity index (χ3v) is 6.55. The summed E-state index contributed by atoms with van der Waals surface area (Å²) in [4.78, 5) is 0. The standard InChI is InChI=1S/C16H14I4O4/c1-21-13-7(17)5-8(18)14(22-2)11(13)12-15(23-3)9(19)6-10(20)16(12)24-4/h5-6H,1-4H3. The minimum absolute atomic E-state index is 0.738. The Morgan fingerprint density at radius 2 is 0.708 bits per heavy atom. The Hall–Kier alpha value is 0.560. The summed E-state index contributed by atoms with van der Waals surface area (Å²) in [5.74, 6) is 2.95. The predicted octanol–water partition coefficient (Wildman–Crippen LogP) is 5.81. The van der Waals surface area contributed by atoms with E-state index in [1.54, 1.807) is 28.4 Å². The molecule has 0 aliphatic rings. The molecule has 0 aliphatic heterocycles. The Kier molecular flexibility index (Phi) is 7.80. The molecule has 2 aromatic carbocycles. The fraction of sp³-hybridized carbons (Fsp3) is 0.250. The Bertz CT molecular complexity index is 656. The molecule has 2 rings (SSSR count). The van der Waals surface area contributed by atoms with Crippen molar-refractivity contribution in [2.75, 3.05) is 28.4 Å². The molecule has 0 amide bonds. The van der Waals surface area contributed by atoms with Gasteiger partial charge in [0.2, 0.25) is 0 Å². The van der Waals surface area contributed by atoms with Gasteiger partial charge in [0.15, 0.2) is 0 Å². The van der Waals surface area contributed by atoms with Crippen LogP contribution in [0.5, 0.6) is 23.0 Å². The molecule has 0 N–H and O–H groups in total. The predicted molar refractivity (Wildman–Crippen MR) is 129 cm³/mol. The van der Waals surface area contributed by atoms with E-state index in [0.717, 1.165) is 48.4 Å². The minimum Gasteiger partial charge on any atom is -0.495 e. The number of rotatable bonds is 5. The number of hydrogen-bond acceptors (Lipinski definition) is 4. The van der Waals surface area contributed by atoms with Crippen molar-refractivity contribution in [3.8, 4) is 34.1 Å². The van der Waals surface area contributed by atoms with Crippen LogP contribution < -0.4 is 18.9 Å². The number of ether oxygens (including phenoxy) is 4. The lowest BCUT2D eigenvalue weighted by Crippen LogP contribution is -2.03. The van der Waals surface area contributed by atoms with Crippen LogP contribution in [0.4, 0.5) is 0 Å². The summed E-state index contributed by atoms with van der Waals surface area (Å²) < 4.78 is 26.8. The molecule has 0 atom stereocenters. The molecule has 130 valence electrons. The van der Waals surface area contributed by atoms with Crippen molar-refractivity contribution >= 4 is 90.4 Å². The van der Waals surface area contributed by atoms with Gasteiger partial charge in [-0.3, -0.25) is 0 Å². The molecule has 0 aromatic heterocycles. The number of methoxy groups -OCH3 is 4. The van der Waals surface area contributed by atoms with Gasteiger partial charge in [-0.15, -0.1) is 0 Å². The number of halogens is 4. The van der Waals surface area contributed by atoms with Crippen LogP contribution in [0, 0.1) is 14.3 Å². The third-order valence-electron chi connectivity index (χ3n) is 3.35. The van der Waals surface area contributed by atoms with Crippen LogP contribution >= 0.6 is 90.4 Å². The van der Waals surface area contributed by atoms with Gasteiger partial charge in [0.05, 0.1) is 53.8 Å². The summed E-state index contributed by atoms with van der Waals surface area (Å²) in [5.41, 5.74) is 1.67. The second-order valence-electron chi connectivity index (χ2n) is 4.56. The summed E-state index contributed by atoms with van der Waals surface area (Å²) in [6.45, 7) is 0. The van der Waals surface area contributed by atoms with E-state index in [9.17, 15) is 0 Å². The Labute approximate surface area is 195 Å². The monoisotopic (exact) mass is 778 g/mol. The van der Waals surface area contributed by atoms with E-state index in [-0.39, 0.29) is 0 Å². The molecule has 0 spiro atoms. The average Bonchev–Trinajstić information content (AvgIpc) is 2.53. The maximum absolute atomic E-state index is 5.70. The average molecular weight is 778 g/mol. The lowest BCUT2D eigenvalue weighted by atomic mass is 10.0. The first-order valence-corrected chi connectivity index (χ1v) is 10.9. The fourth-order valence-corrected chi connectivity index (χ4v) is 6.82. The van der Waals surface area contributed by atoms with Gasteiger partial charge < -0.3 is 18.9 Å². The van der Waals surface area contributed by atoms with Crippen molar-refractivity contribution in [2.24, 2.45) is 0 Å². The van der Waals surface area contributed by atoms with E-state index < -0.39 is 0 Å². The topological polar surface area (TPSA) is 36.9 Å². The van der Waals surface area contributed by atoms with E-state index in [0.29, 0.717) is 0 Å². The van der Waals surface area contributed by atoms with Crippen LogP contribution in [0.15, 0.2) is 12.1 Å². The Balaban J connectivity index is 3.06. The van der Waals surface area contributed by atoms with E-state index in [4.69, 9.17) is 18.9 Å². The van der Waals surface area contributed by atoms with E-state index in [1.165, 1.54) is 0 Å². The van der Waals surface area contributed by atoms with Gasteiger partial charge in [-0.25, -0.2) is 0 Å². The van der Waals surface area contributed by atoms with Crippen molar-refractivity contribution in [3.05, 3.63) is 26.4 Å². The minimum atomic E-state index is 0.738. The SMILES string of the molecule is COc1c(I)cc(I)c(OC)c1-c1c(OC)c(I)cc(I)c1OC. The molecule has 0 saturated heterocycles. The molecule has 0 fully saturated rings. The van der Waals surface area contributed by atoms with Gasteiger partial charge in [0.25, 0.3) is 0 Å². The second-order valence-corrected chi connectivity index (χ2v) is 9.21. The first-order chi connectivity index (χ1) is 11.4. The quantitative estimate of drug-likeness (QED) is 0.360. The van der Waals surface area contributed by atoms with Gasteiger partial charge in [0, 0.05) is 0 Å². The lowest BCUT2D eigenvalue weighted by Gasteiger charge is -2.22. The van der Waals surface area contributed by atoms with E-state index in [1.807, 2.05) is 12.1 Å². The molecule has 24 heavy (non-hydrogen) atoms. The molecular weight excluding hydrogens is 764 g/mol. The third kappa shape index (κ3) is 3.80. The molecule has 2 aromatic rings. The van der Waals surface area contributed by atoms with Crippen LogP contribution in [0.3, 0.4) is 0 Å². The zero-order chi connectivity index (χ0) is 18.0. The van der Waals surface area contributed by atoms with Crippen LogP contribution in [0.25, 0.3) is 11.1 Å². The maximum atomic E-state index is 5.70. The molecule has 0 saturated carbocycles. The smallest absolute Gasteiger partial charge is 0.144 e. The molecule has 0 aliphatic carbocycles. The van der Waals surface area contributed by atoms with Gasteiger partial charge >= 0.3 is 0 Å². The summed E-state index contributed by atoms with van der Waals surface area (Å²) in [6, 6.07) is 4.06. The normalized spacial score (nSPS) is 10.5. The van der Waals surface area contributed by atoms with Crippen molar-refractivity contribution in [2.45, 2.75) is 0 Å². The van der Waals surface area contributed by atoms with E-state index in [2.05, 4.69) is 90.4 Å². The highest BCUT2D eigenvalue weighted by atomic mass is 127. The Morgan fingerprint density at radius 1 is 0.500 bits per heavy atom. The molecule has 8 heteroatoms. The summed E-state index contributed by atoms with van der Waals surface area (Å²) >= 11 is 9.06. The van der Waals surface area contributed by atoms with Crippen molar-refractivity contribution in [1.29, 1.82) is 0 Å². The second kappa shape index (κ2) is 8.97. The molecule has 0 bridgehead atoms. The van der Waals surface area contributed by atoms with Crippen LogP contribution in [0.2, 0.25) is 0 Å². The van der Waals surface area contributed by atoms with Crippen LogP contribution in [-0.2, 0) is 0 Å². The highest BCUT2D eigenvalue weighted by Crippen LogP contribution is 2.53. The van der Waals surface area contributed by atoms with Crippen molar-refractivity contribution in [3.63, 3.8) is 0 Å². The summed E-state index contributed by atoms with van der Waals surface area (Å²) in [5, 5.41) is 0. The fourth-order valence-electron chi connectivity index (χ4n) is 2.42. The maximum Gasteiger partial charge on any atom is 0.144 e. The molecule has 4 nitrogen and oxygen atoms in total. The highest BCUT2D eigenvalue weighted by Gasteiger charge is 2.28. The summed E-state index contributed by atoms with van der Waals surface area (Å²) in [6.07, 6.45) is 0. The Morgan fingerprint density at radius 3 is 0.875 bits per heavy atom. The molecule has 0 unspecified atom stereocenters. The van der Waals surface area contributed by atoms with Crippen LogP contribution in [-0.4, -0.2) is 28.4 Å². The summed E-state index contributed by atoms with van der Waals surface area (Å²) in [7, 11) is 6.63. The zero-order valence-corrected chi connectivity index (χ0v) is 21.9. The van der Waals surface area contributed by atoms with Gasteiger partial charge in [0.1, 0.15) is 23.0 Å². The van der Waals surface area contributed by atoms with Crippen molar-refractivity contribution < 1.29 is 18.9 Å². The van der Waals surface area contributed by atoms with E-state index >= 15 is 0 Å². The van der Waals surface area contributed by atoms with Gasteiger partial charge in [-0.1, -0.05) is 0 Å². The number of hydrogen-bond donors (Lipinski definition) is 0. The first-order valence-electron chi connectivity index (χ1n) is 6.61. The largest absolute Gasteiger partial charge is 0.495 e. The molecule has 0 heterocycles. The number of benzene rings is 2. The first kappa shape index (κ1) is 20.9. The zero-order valence-electron chi connectivity index (χ0n) is 13.3. The lowest BCUT2D eigenvalue weighted by molar-refractivity contribution is 0.382. The molecular formula is C16H14I4O4. The highest BCUT2D eigenvalue weighted by molar-refractivity contribution is 14.1. The van der Waals surface area contributed by atoms with Crippen LogP contribution in [0.1, 0.15) is 0 Å². The van der Waals surface area contributed by atoms with Crippen molar-refractivity contribution in [1.82, 2.24) is 0 Å². The van der Waals surface area contributed by atoms with Gasteiger partial charge in [-0.05, 0) is 102 Å².